The fourth-order valence-corrected chi connectivity index (χ4v) is 2.24. The van der Waals surface area contributed by atoms with Crippen LogP contribution in [0.2, 0.25) is 0 Å². The molecule has 0 unspecified atom stereocenters. The number of rotatable bonds is 4. The molecule has 0 fully saturated rings. The van der Waals surface area contributed by atoms with Crippen molar-refractivity contribution >= 4 is 40.0 Å². The summed E-state index contributed by atoms with van der Waals surface area (Å²) in [6.07, 6.45) is 0. The minimum absolute atomic E-state index is 0. The molecule has 0 aliphatic carbocycles. The highest BCUT2D eigenvalue weighted by Gasteiger charge is 2.12. The monoisotopic (exact) mass is 440 g/mol. The van der Waals surface area contributed by atoms with Crippen molar-refractivity contribution in [3.05, 3.63) is 29.8 Å². The number of halogens is 1. The molecule has 126 valence electrons. The van der Waals surface area contributed by atoms with Gasteiger partial charge in [-0.3, -0.25) is 0 Å². The largest absolute Gasteiger partial charge is 0.357 e. The highest BCUT2D eigenvalue weighted by molar-refractivity contribution is 14.0. The molecule has 1 aromatic rings. The van der Waals surface area contributed by atoms with Crippen LogP contribution in [0.3, 0.4) is 0 Å². The maximum Gasteiger partial charge on any atom is 0.238 e. The standard InChI is InChI=1S/C14H24N4O2S.HI/c1-5-16-13(18-14(2,3)4)17-10-11-7-6-8-12(9-11)21(15,19)20;/h6-9H,5,10H2,1-4H3,(H2,15,19,20)(H2,16,17,18);1H. The lowest BCUT2D eigenvalue weighted by atomic mass is 10.1. The van der Waals surface area contributed by atoms with Gasteiger partial charge in [0.05, 0.1) is 11.4 Å². The highest BCUT2D eigenvalue weighted by atomic mass is 127. The number of sulfonamides is 1. The Morgan fingerprint density at radius 2 is 1.95 bits per heavy atom. The zero-order valence-electron chi connectivity index (χ0n) is 13.4. The van der Waals surface area contributed by atoms with E-state index in [1.807, 2.05) is 33.8 Å². The fourth-order valence-electron chi connectivity index (χ4n) is 1.65. The van der Waals surface area contributed by atoms with Crippen molar-refractivity contribution < 1.29 is 8.42 Å². The average molecular weight is 440 g/mol. The van der Waals surface area contributed by atoms with Crippen LogP contribution in [0.1, 0.15) is 33.3 Å². The normalized spacial score (nSPS) is 12.5. The van der Waals surface area contributed by atoms with Crippen LogP contribution < -0.4 is 15.8 Å². The third-order valence-corrected chi connectivity index (χ3v) is 3.40. The van der Waals surface area contributed by atoms with Crippen molar-refractivity contribution in [1.82, 2.24) is 10.6 Å². The van der Waals surface area contributed by atoms with E-state index in [4.69, 9.17) is 5.14 Å². The lowest BCUT2D eigenvalue weighted by molar-refractivity contribution is 0.501. The minimum Gasteiger partial charge on any atom is -0.357 e. The Morgan fingerprint density at radius 1 is 1.32 bits per heavy atom. The number of nitrogens with one attached hydrogen (secondary N) is 2. The van der Waals surface area contributed by atoms with E-state index in [1.165, 1.54) is 6.07 Å². The summed E-state index contributed by atoms with van der Waals surface area (Å²) in [5.74, 6) is 0.686. The van der Waals surface area contributed by atoms with Crippen LogP contribution in [-0.2, 0) is 16.6 Å². The lowest BCUT2D eigenvalue weighted by Gasteiger charge is -2.23. The van der Waals surface area contributed by atoms with Crippen molar-refractivity contribution in [3.8, 4) is 0 Å². The second-order valence-electron chi connectivity index (χ2n) is 5.76. The molecule has 0 aliphatic rings. The van der Waals surface area contributed by atoms with Gasteiger partial charge in [0.15, 0.2) is 5.96 Å². The van der Waals surface area contributed by atoms with E-state index in [-0.39, 0.29) is 34.4 Å². The molecule has 22 heavy (non-hydrogen) atoms. The van der Waals surface area contributed by atoms with Crippen LogP contribution in [-0.4, -0.2) is 26.5 Å². The van der Waals surface area contributed by atoms with E-state index in [0.717, 1.165) is 12.1 Å². The summed E-state index contributed by atoms with van der Waals surface area (Å²) in [5, 5.41) is 11.5. The Labute approximate surface area is 150 Å². The smallest absolute Gasteiger partial charge is 0.238 e. The van der Waals surface area contributed by atoms with Gasteiger partial charge in [-0.05, 0) is 45.4 Å². The third kappa shape index (κ3) is 7.95. The Bertz CT molecular complexity index is 610. The van der Waals surface area contributed by atoms with E-state index in [9.17, 15) is 8.42 Å². The van der Waals surface area contributed by atoms with Gasteiger partial charge in [-0.15, -0.1) is 24.0 Å². The first-order valence-corrected chi connectivity index (χ1v) is 8.34. The predicted molar refractivity (Wildman–Crippen MR) is 101 cm³/mol. The molecule has 0 saturated heterocycles. The van der Waals surface area contributed by atoms with Gasteiger partial charge >= 0.3 is 0 Å². The van der Waals surface area contributed by atoms with Crippen LogP contribution in [0.15, 0.2) is 34.2 Å². The van der Waals surface area contributed by atoms with E-state index >= 15 is 0 Å². The van der Waals surface area contributed by atoms with Gasteiger partial charge in [0.2, 0.25) is 10.0 Å². The summed E-state index contributed by atoms with van der Waals surface area (Å²) >= 11 is 0. The molecule has 1 aromatic carbocycles. The Hall–Kier alpha value is -0.870. The molecule has 1 rings (SSSR count). The predicted octanol–water partition coefficient (Wildman–Crippen LogP) is 1.81. The minimum atomic E-state index is -3.68. The van der Waals surface area contributed by atoms with Crippen LogP contribution in [0.4, 0.5) is 0 Å². The van der Waals surface area contributed by atoms with Crippen LogP contribution >= 0.6 is 24.0 Å². The number of nitrogens with zero attached hydrogens (tertiary/aromatic N) is 1. The van der Waals surface area contributed by atoms with Crippen molar-refractivity contribution in [2.45, 2.75) is 44.7 Å². The Balaban J connectivity index is 0.00000441. The number of hydrogen-bond donors (Lipinski definition) is 3. The number of primary sulfonamides is 1. The molecule has 0 atom stereocenters. The van der Waals surface area contributed by atoms with Gasteiger partial charge in [-0.2, -0.15) is 0 Å². The third-order valence-electron chi connectivity index (χ3n) is 2.48. The molecule has 0 aromatic heterocycles. The van der Waals surface area contributed by atoms with E-state index in [1.54, 1.807) is 12.1 Å². The van der Waals surface area contributed by atoms with Gasteiger partial charge < -0.3 is 10.6 Å². The number of guanidine groups is 1. The zero-order valence-corrected chi connectivity index (χ0v) is 16.5. The van der Waals surface area contributed by atoms with Gasteiger partial charge in [0, 0.05) is 12.1 Å². The molecule has 0 spiro atoms. The zero-order chi connectivity index (χ0) is 16.1. The van der Waals surface area contributed by atoms with Crippen LogP contribution in [0.25, 0.3) is 0 Å². The van der Waals surface area contributed by atoms with Crippen molar-refractivity contribution in [2.24, 2.45) is 10.1 Å². The SMILES string of the molecule is CCNC(=NCc1cccc(S(N)(=O)=O)c1)NC(C)(C)C.I. The highest BCUT2D eigenvalue weighted by Crippen LogP contribution is 2.10. The quantitative estimate of drug-likeness (QED) is 0.378. The number of aliphatic imine (C=N–C) groups is 1. The summed E-state index contributed by atoms with van der Waals surface area (Å²) in [7, 11) is -3.68. The summed E-state index contributed by atoms with van der Waals surface area (Å²) in [5.41, 5.74) is 0.677. The molecule has 6 nitrogen and oxygen atoms in total. The summed E-state index contributed by atoms with van der Waals surface area (Å²) < 4.78 is 22.7. The number of hydrogen-bond acceptors (Lipinski definition) is 3. The van der Waals surface area contributed by atoms with Crippen molar-refractivity contribution in [1.29, 1.82) is 0 Å². The maximum absolute atomic E-state index is 11.3. The van der Waals surface area contributed by atoms with Gasteiger partial charge in [0.25, 0.3) is 0 Å². The number of benzene rings is 1. The lowest BCUT2D eigenvalue weighted by Crippen LogP contribution is -2.47. The summed E-state index contributed by atoms with van der Waals surface area (Å²) in [6.45, 7) is 9.24. The molecule has 8 heteroatoms. The molecular formula is C14H25IN4O2S. The maximum atomic E-state index is 11.3. The van der Waals surface area contributed by atoms with Gasteiger partial charge in [0.1, 0.15) is 0 Å². The second kappa shape index (κ2) is 8.68. The van der Waals surface area contributed by atoms with Gasteiger partial charge in [-0.25, -0.2) is 18.5 Å². The fraction of sp³-hybridized carbons (Fsp3) is 0.500. The summed E-state index contributed by atoms with van der Waals surface area (Å²) in [4.78, 5) is 4.55. The molecule has 0 radical (unpaired) electrons. The van der Waals surface area contributed by atoms with E-state index < -0.39 is 10.0 Å². The molecule has 0 amide bonds. The number of nitrogens with two attached hydrogens (primary N) is 1. The second-order valence-corrected chi connectivity index (χ2v) is 7.32. The molecule has 0 saturated carbocycles. The molecule has 0 heterocycles. The van der Waals surface area contributed by atoms with Crippen LogP contribution in [0, 0.1) is 0 Å². The topological polar surface area (TPSA) is 96.6 Å². The molecule has 0 bridgehead atoms. The molecule has 0 aliphatic heterocycles. The Morgan fingerprint density at radius 3 is 2.45 bits per heavy atom. The summed E-state index contributed by atoms with van der Waals surface area (Å²) in [6, 6.07) is 6.49. The van der Waals surface area contributed by atoms with E-state index in [0.29, 0.717) is 12.5 Å². The Kier molecular flexibility index (Phi) is 8.34. The van der Waals surface area contributed by atoms with Crippen molar-refractivity contribution in [3.63, 3.8) is 0 Å². The van der Waals surface area contributed by atoms with Crippen molar-refractivity contribution in [2.75, 3.05) is 6.54 Å². The first kappa shape index (κ1) is 21.1. The van der Waals surface area contributed by atoms with E-state index in [2.05, 4.69) is 15.6 Å². The molecule has 4 N–H and O–H groups in total. The first-order valence-electron chi connectivity index (χ1n) is 6.80. The van der Waals surface area contributed by atoms with Crippen LogP contribution in [0.5, 0.6) is 0 Å². The molecular weight excluding hydrogens is 415 g/mol. The first-order chi connectivity index (χ1) is 9.62. The van der Waals surface area contributed by atoms with Gasteiger partial charge in [-0.1, -0.05) is 12.1 Å². The average Bonchev–Trinajstić information content (AvgIpc) is 2.34.